The molecule has 0 spiro atoms. The van der Waals surface area contributed by atoms with Crippen LogP contribution in [0.2, 0.25) is 0 Å². The molecule has 0 bridgehead atoms. The third-order valence-corrected chi connectivity index (χ3v) is 2.36. The van der Waals surface area contributed by atoms with E-state index in [1.165, 1.54) is 25.7 Å². The average molecular weight is 167 g/mol. The van der Waals surface area contributed by atoms with Gasteiger partial charge in [-0.1, -0.05) is 18.9 Å². The Morgan fingerprint density at radius 1 is 1.50 bits per heavy atom. The van der Waals surface area contributed by atoms with Gasteiger partial charge in [0.1, 0.15) is 0 Å². The van der Waals surface area contributed by atoms with E-state index in [1.807, 2.05) is 6.92 Å². The number of hydrogen-bond acceptors (Lipinski definition) is 1. The van der Waals surface area contributed by atoms with Crippen molar-refractivity contribution in [2.24, 2.45) is 5.92 Å². The average Bonchev–Trinajstić information content (AvgIpc) is 2.53. The molecule has 12 heavy (non-hydrogen) atoms. The van der Waals surface area contributed by atoms with Gasteiger partial charge < -0.3 is 5.32 Å². The van der Waals surface area contributed by atoms with Crippen molar-refractivity contribution in [2.75, 3.05) is 6.54 Å². The summed E-state index contributed by atoms with van der Waals surface area (Å²) in [6.45, 7) is 2.72. The van der Waals surface area contributed by atoms with Gasteiger partial charge in [-0.3, -0.25) is 4.79 Å². The van der Waals surface area contributed by atoms with E-state index in [0.717, 1.165) is 12.5 Å². The minimum absolute atomic E-state index is 0.0457. The van der Waals surface area contributed by atoms with E-state index >= 15 is 0 Å². The van der Waals surface area contributed by atoms with Gasteiger partial charge in [0, 0.05) is 6.54 Å². The van der Waals surface area contributed by atoms with Gasteiger partial charge in [0.25, 0.3) is 0 Å². The minimum atomic E-state index is 0.0457. The molecule has 2 nitrogen and oxygen atoms in total. The maximum atomic E-state index is 11.0. The van der Waals surface area contributed by atoms with Crippen molar-refractivity contribution < 1.29 is 4.79 Å². The number of rotatable bonds is 3. The molecule has 0 aliphatic heterocycles. The second kappa shape index (κ2) is 4.96. The van der Waals surface area contributed by atoms with Crippen molar-refractivity contribution in [3.05, 3.63) is 12.2 Å². The summed E-state index contributed by atoms with van der Waals surface area (Å²) in [5.41, 5.74) is 0. The maximum absolute atomic E-state index is 11.0. The highest BCUT2D eigenvalue weighted by molar-refractivity contribution is 5.87. The molecule has 0 heterocycles. The monoisotopic (exact) mass is 167 g/mol. The minimum Gasteiger partial charge on any atom is -0.352 e. The van der Waals surface area contributed by atoms with Crippen molar-refractivity contribution in [1.29, 1.82) is 0 Å². The van der Waals surface area contributed by atoms with Crippen molar-refractivity contribution in [2.45, 2.75) is 32.6 Å². The molecule has 0 radical (unpaired) electrons. The molecule has 1 N–H and O–H groups in total. The molecule has 0 aromatic rings. The second-order valence-electron chi connectivity index (χ2n) is 3.40. The third kappa shape index (κ3) is 3.07. The van der Waals surface area contributed by atoms with E-state index in [9.17, 15) is 4.79 Å². The van der Waals surface area contributed by atoms with Crippen molar-refractivity contribution in [3.63, 3.8) is 0 Å². The number of carbonyl (C=O) groups excluding carboxylic acids is 1. The zero-order chi connectivity index (χ0) is 8.81. The Bertz CT molecular complexity index is 169. The summed E-state index contributed by atoms with van der Waals surface area (Å²) in [6.07, 6.45) is 8.60. The number of carbonyl (C=O) groups is 1. The molecule has 0 aromatic carbocycles. The summed E-state index contributed by atoms with van der Waals surface area (Å²) >= 11 is 0. The lowest BCUT2D eigenvalue weighted by molar-refractivity contribution is -0.116. The predicted molar refractivity (Wildman–Crippen MR) is 49.8 cm³/mol. The zero-order valence-corrected chi connectivity index (χ0v) is 7.68. The molecule has 1 fully saturated rings. The first-order valence-corrected chi connectivity index (χ1v) is 4.73. The van der Waals surface area contributed by atoms with Gasteiger partial charge >= 0.3 is 0 Å². The standard InChI is InChI=1S/C10H17NO/c1-2-5-10(12)11-8-9-6-3-4-7-9/h2,5,9H,3-4,6-8H2,1H3,(H,11,12). The molecule has 0 atom stereocenters. The highest BCUT2D eigenvalue weighted by atomic mass is 16.1. The Hall–Kier alpha value is -0.790. The molecule has 1 aliphatic carbocycles. The second-order valence-corrected chi connectivity index (χ2v) is 3.40. The number of allylic oxidation sites excluding steroid dienone is 1. The van der Waals surface area contributed by atoms with Crippen LogP contribution in [0.15, 0.2) is 12.2 Å². The number of nitrogens with one attached hydrogen (secondary N) is 1. The Labute approximate surface area is 74.0 Å². The van der Waals surface area contributed by atoms with E-state index in [1.54, 1.807) is 12.2 Å². The topological polar surface area (TPSA) is 29.1 Å². The first-order valence-electron chi connectivity index (χ1n) is 4.73. The van der Waals surface area contributed by atoms with Gasteiger partial charge in [0.2, 0.25) is 5.91 Å². The third-order valence-electron chi connectivity index (χ3n) is 2.36. The molecule has 0 unspecified atom stereocenters. The van der Waals surface area contributed by atoms with Crippen LogP contribution in [0.5, 0.6) is 0 Å². The molecule has 1 saturated carbocycles. The maximum Gasteiger partial charge on any atom is 0.243 e. The lowest BCUT2D eigenvalue weighted by Crippen LogP contribution is -2.26. The van der Waals surface area contributed by atoms with Gasteiger partial charge in [-0.15, -0.1) is 0 Å². The van der Waals surface area contributed by atoms with Crippen LogP contribution in [0.25, 0.3) is 0 Å². The van der Waals surface area contributed by atoms with Crippen LogP contribution in [0.1, 0.15) is 32.6 Å². The fraction of sp³-hybridized carbons (Fsp3) is 0.700. The molecule has 1 aliphatic rings. The van der Waals surface area contributed by atoms with E-state index < -0.39 is 0 Å². The quantitative estimate of drug-likeness (QED) is 0.639. The molecule has 0 aromatic heterocycles. The van der Waals surface area contributed by atoms with E-state index in [4.69, 9.17) is 0 Å². The highest BCUT2D eigenvalue weighted by Gasteiger charge is 2.14. The van der Waals surface area contributed by atoms with E-state index in [2.05, 4.69) is 5.32 Å². The van der Waals surface area contributed by atoms with Crippen molar-refractivity contribution in [3.8, 4) is 0 Å². The molecule has 1 amide bonds. The molecular formula is C10H17NO. The fourth-order valence-corrected chi connectivity index (χ4v) is 1.67. The van der Waals surface area contributed by atoms with Crippen LogP contribution >= 0.6 is 0 Å². The summed E-state index contributed by atoms with van der Waals surface area (Å²) in [7, 11) is 0. The van der Waals surface area contributed by atoms with Crippen LogP contribution in [-0.2, 0) is 4.79 Å². The molecule has 2 heteroatoms. The number of hydrogen-bond donors (Lipinski definition) is 1. The van der Waals surface area contributed by atoms with Crippen LogP contribution in [-0.4, -0.2) is 12.5 Å². The first kappa shape index (κ1) is 9.30. The Morgan fingerprint density at radius 2 is 2.17 bits per heavy atom. The van der Waals surface area contributed by atoms with Gasteiger partial charge in [0.15, 0.2) is 0 Å². The van der Waals surface area contributed by atoms with Crippen molar-refractivity contribution in [1.82, 2.24) is 5.32 Å². The lowest BCUT2D eigenvalue weighted by Gasteiger charge is -2.08. The molecular weight excluding hydrogens is 150 g/mol. The first-order chi connectivity index (χ1) is 5.83. The van der Waals surface area contributed by atoms with Crippen molar-refractivity contribution >= 4 is 5.91 Å². The molecule has 1 rings (SSSR count). The Balaban J connectivity index is 2.11. The molecule has 0 saturated heterocycles. The smallest absolute Gasteiger partial charge is 0.243 e. The van der Waals surface area contributed by atoms with Gasteiger partial charge in [-0.25, -0.2) is 0 Å². The van der Waals surface area contributed by atoms with Gasteiger partial charge in [0.05, 0.1) is 0 Å². The Kier molecular flexibility index (Phi) is 3.85. The van der Waals surface area contributed by atoms with Crippen LogP contribution < -0.4 is 5.32 Å². The largest absolute Gasteiger partial charge is 0.352 e. The summed E-state index contributed by atoms with van der Waals surface area (Å²) in [4.78, 5) is 11.0. The normalized spacial score (nSPS) is 18.8. The van der Waals surface area contributed by atoms with Crippen LogP contribution in [0.3, 0.4) is 0 Å². The fourth-order valence-electron chi connectivity index (χ4n) is 1.67. The Morgan fingerprint density at radius 3 is 2.75 bits per heavy atom. The van der Waals surface area contributed by atoms with E-state index in [0.29, 0.717) is 0 Å². The SMILES string of the molecule is CC=CC(=O)NCC1CCCC1. The van der Waals surface area contributed by atoms with Crippen LogP contribution in [0, 0.1) is 5.92 Å². The van der Waals surface area contributed by atoms with Gasteiger partial charge in [-0.2, -0.15) is 0 Å². The van der Waals surface area contributed by atoms with E-state index in [-0.39, 0.29) is 5.91 Å². The predicted octanol–water partition coefficient (Wildman–Crippen LogP) is 1.87. The highest BCUT2D eigenvalue weighted by Crippen LogP contribution is 2.23. The summed E-state index contributed by atoms with van der Waals surface area (Å²) in [6, 6.07) is 0. The van der Waals surface area contributed by atoms with Crippen LogP contribution in [0.4, 0.5) is 0 Å². The summed E-state index contributed by atoms with van der Waals surface area (Å²) in [5.74, 6) is 0.781. The van der Waals surface area contributed by atoms with Gasteiger partial charge in [-0.05, 0) is 31.8 Å². The molecule has 68 valence electrons. The number of amides is 1. The zero-order valence-electron chi connectivity index (χ0n) is 7.68. The lowest BCUT2D eigenvalue weighted by atomic mass is 10.1. The summed E-state index contributed by atoms with van der Waals surface area (Å²) in [5, 5.41) is 2.90. The summed E-state index contributed by atoms with van der Waals surface area (Å²) < 4.78 is 0.